The van der Waals surface area contributed by atoms with Gasteiger partial charge >= 0.3 is 0 Å². The zero-order valence-electron chi connectivity index (χ0n) is 16.2. The Morgan fingerprint density at radius 2 is 1.78 bits per heavy atom. The molecule has 1 unspecified atom stereocenters. The fourth-order valence-electron chi connectivity index (χ4n) is 4.11. The first-order chi connectivity index (χ1) is 13.2. The van der Waals surface area contributed by atoms with Gasteiger partial charge in [0.05, 0.1) is 11.5 Å². The van der Waals surface area contributed by atoms with E-state index in [0.29, 0.717) is 11.5 Å². The molecule has 27 heavy (non-hydrogen) atoms. The average Bonchev–Trinajstić information content (AvgIpc) is 3.55. The molecule has 2 aromatic rings. The van der Waals surface area contributed by atoms with Crippen molar-refractivity contribution in [2.75, 3.05) is 19.6 Å². The van der Waals surface area contributed by atoms with Crippen LogP contribution in [0.4, 0.5) is 4.39 Å². The minimum atomic E-state index is -0.663. The van der Waals surface area contributed by atoms with Crippen LogP contribution in [-0.4, -0.2) is 24.5 Å². The van der Waals surface area contributed by atoms with Gasteiger partial charge < -0.3 is 4.90 Å². The quantitative estimate of drug-likeness (QED) is 0.569. The largest absolute Gasteiger partial charge is 0.303 e. The molecule has 0 aromatic heterocycles. The van der Waals surface area contributed by atoms with E-state index in [2.05, 4.69) is 42.2 Å². The van der Waals surface area contributed by atoms with E-state index in [9.17, 15) is 9.65 Å². The molecule has 1 aliphatic carbocycles. The molecule has 1 aliphatic rings. The standard InChI is InChI=1S/C24H29FN2/c1-2-27(18-15-20-9-4-3-5-10-20)17-8-16-24(19-26,21-13-14-21)22-11-6-7-12-23(22)25/h3-7,9-12,21H,2,8,13-18H2,1H3. The Kier molecular flexibility index (Phi) is 6.63. The maximum Gasteiger partial charge on any atom is 0.128 e. The fraction of sp³-hybridized carbons (Fsp3) is 0.458. The first-order valence-corrected chi connectivity index (χ1v) is 10.1. The third-order valence-electron chi connectivity index (χ3n) is 5.88. The summed E-state index contributed by atoms with van der Waals surface area (Å²) in [7, 11) is 0. The molecule has 0 bridgehead atoms. The summed E-state index contributed by atoms with van der Waals surface area (Å²) in [5, 5.41) is 10.0. The second kappa shape index (κ2) is 9.15. The average molecular weight is 365 g/mol. The molecule has 3 heteroatoms. The summed E-state index contributed by atoms with van der Waals surface area (Å²) < 4.78 is 14.5. The van der Waals surface area contributed by atoms with Gasteiger partial charge in [-0.05, 0) is 62.7 Å². The molecule has 0 N–H and O–H groups in total. The van der Waals surface area contributed by atoms with Gasteiger partial charge in [0.2, 0.25) is 0 Å². The van der Waals surface area contributed by atoms with Crippen molar-refractivity contribution in [3.63, 3.8) is 0 Å². The van der Waals surface area contributed by atoms with E-state index in [1.54, 1.807) is 6.07 Å². The highest BCUT2D eigenvalue weighted by Crippen LogP contribution is 2.50. The molecule has 142 valence electrons. The van der Waals surface area contributed by atoms with E-state index in [4.69, 9.17) is 0 Å². The highest BCUT2D eigenvalue weighted by atomic mass is 19.1. The molecule has 0 aliphatic heterocycles. The lowest BCUT2D eigenvalue weighted by Crippen LogP contribution is -2.32. The SMILES string of the molecule is CCN(CCCC(C#N)(c1ccccc1F)C1CC1)CCc1ccccc1. The Balaban J connectivity index is 1.60. The minimum Gasteiger partial charge on any atom is -0.303 e. The van der Waals surface area contributed by atoms with Crippen LogP contribution in [0.25, 0.3) is 0 Å². The molecule has 0 spiro atoms. The number of likely N-dealkylation sites (N-methyl/N-ethyl adjacent to an activating group) is 1. The summed E-state index contributed by atoms with van der Waals surface area (Å²) in [4.78, 5) is 2.43. The van der Waals surface area contributed by atoms with Crippen LogP contribution in [0.3, 0.4) is 0 Å². The van der Waals surface area contributed by atoms with Crippen molar-refractivity contribution in [3.8, 4) is 6.07 Å². The predicted octanol–water partition coefficient (Wildman–Crippen LogP) is 5.34. The van der Waals surface area contributed by atoms with Gasteiger partial charge in [-0.3, -0.25) is 0 Å². The number of hydrogen-bond donors (Lipinski definition) is 0. The van der Waals surface area contributed by atoms with Gasteiger partial charge in [-0.2, -0.15) is 5.26 Å². The van der Waals surface area contributed by atoms with Crippen molar-refractivity contribution in [1.82, 2.24) is 4.90 Å². The van der Waals surface area contributed by atoms with Gasteiger partial charge in [0, 0.05) is 12.1 Å². The number of nitrogens with zero attached hydrogens (tertiary/aromatic N) is 2. The van der Waals surface area contributed by atoms with Gasteiger partial charge in [-0.15, -0.1) is 0 Å². The summed E-state index contributed by atoms with van der Waals surface area (Å²) in [6.07, 6.45) is 4.76. The van der Waals surface area contributed by atoms with Crippen LogP contribution in [0.15, 0.2) is 54.6 Å². The van der Waals surface area contributed by atoms with Crippen LogP contribution < -0.4 is 0 Å². The molecular formula is C24H29FN2. The lowest BCUT2D eigenvalue weighted by molar-refractivity contribution is 0.271. The maximum absolute atomic E-state index is 14.5. The van der Waals surface area contributed by atoms with Crippen LogP contribution in [0.2, 0.25) is 0 Å². The Bertz CT molecular complexity index is 763. The topological polar surface area (TPSA) is 27.0 Å². The summed E-state index contributed by atoms with van der Waals surface area (Å²) in [6.45, 7) is 5.15. The number of nitriles is 1. The van der Waals surface area contributed by atoms with Crippen LogP contribution in [0, 0.1) is 23.1 Å². The van der Waals surface area contributed by atoms with E-state index in [1.807, 2.05) is 18.2 Å². The fourth-order valence-corrected chi connectivity index (χ4v) is 4.11. The molecule has 3 rings (SSSR count). The first-order valence-electron chi connectivity index (χ1n) is 10.1. The molecule has 1 saturated carbocycles. The highest BCUT2D eigenvalue weighted by molar-refractivity contribution is 5.36. The normalized spacial score (nSPS) is 16.1. The molecule has 0 saturated heterocycles. The molecule has 2 aromatic carbocycles. The van der Waals surface area contributed by atoms with Crippen molar-refractivity contribution in [1.29, 1.82) is 5.26 Å². The highest BCUT2D eigenvalue weighted by Gasteiger charge is 2.47. The van der Waals surface area contributed by atoms with E-state index >= 15 is 0 Å². The summed E-state index contributed by atoms with van der Waals surface area (Å²) in [6, 6.07) is 19.9. The Labute approximate surface area is 162 Å². The van der Waals surface area contributed by atoms with Crippen LogP contribution in [0.5, 0.6) is 0 Å². The Morgan fingerprint density at radius 3 is 2.41 bits per heavy atom. The number of halogens is 1. The Hall–Kier alpha value is -2.18. The van der Waals surface area contributed by atoms with Gasteiger partial charge in [-0.1, -0.05) is 55.5 Å². The van der Waals surface area contributed by atoms with Crippen LogP contribution >= 0.6 is 0 Å². The minimum absolute atomic E-state index is 0.234. The van der Waals surface area contributed by atoms with Crippen molar-refractivity contribution >= 4 is 0 Å². The van der Waals surface area contributed by atoms with Crippen molar-refractivity contribution < 1.29 is 4.39 Å². The van der Waals surface area contributed by atoms with Crippen molar-refractivity contribution in [2.24, 2.45) is 5.92 Å². The maximum atomic E-state index is 14.5. The molecule has 0 heterocycles. The number of hydrogen-bond acceptors (Lipinski definition) is 2. The van der Waals surface area contributed by atoms with Crippen LogP contribution in [-0.2, 0) is 11.8 Å². The number of benzene rings is 2. The second-order valence-electron chi connectivity index (χ2n) is 7.61. The monoisotopic (exact) mass is 364 g/mol. The molecule has 0 amide bonds. The second-order valence-corrected chi connectivity index (χ2v) is 7.61. The predicted molar refractivity (Wildman–Crippen MR) is 108 cm³/mol. The van der Waals surface area contributed by atoms with Gasteiger partial charge in [0.25, 0.3) is 0 Å². The van der Waals surface area contributed by atoms with Crippen molar-refractivity contribution in [2.45, 2.75) is 44.4 Å². The third kappa shape index (κ3) is 4.76. The zero-order valence-corrected chi connectivity index (χ0v) is 16.2. The summed E-state index contributed by atoms with van der Waals surface area (Å²) in [5.74, 6) is 0.0705. The van der Waals surface area contributed by atoms with E-state index in [-0.39, 0.29) is 5.82 Å². The summed E-state index contributed by atoms with van der Waals surface area (Å²) in [5.41, 5.74) is 1.29. The Morgan fingerprint density at radius 1 is 1.07 bits per heavy atom. The van der Waals surface area contributed by atoms with Crippen molar-refractivity contribution in [3.05, 3.63) is 71.5 Å². The number of rotatable bonds is 10. The molecule has 1 fully saturated rings. The summed E-state index contributed by atoms with van der Waals surface area (Å²) >= 11 is 0. The van der Waals surface area contributed by atoms with Crippen LogP contribution in [0.1, 0.15) is 43.7 Å². The van der Waals surface area contributed by atoms with Gasteiger partial charge in [0.15, 0.2) is 0 Å². The van der Waals surface area contributed by atoms with Gasteiger partial charge in [0.1, 0.15) is 5.82 Å². The van der Waals surface area contributed by atoms with Gasteiger partial charge in [-0.25, -0.2) is 4.39 Å². The zero-order chi connectivity index (χ0) is 19.1. The van der Waals surface area contributed by atoms with E-state index < -0.39 is 5.41 Å². The lowest BCUT2D eigenvalue weighted by Gasteiger charge is -2.29. The molecular weight excluding hydrogens is 335 g/mol. The first kappa shape index (κ1) is 19.6. The lowest BCUT2D eigenvalue weighted by atomic mass is 9.73. The van der Waals surface area contributed by atoms with E-state index in [0.717, 1.165) is 51.7 Å². The third-order valence-corrected chi connectivity index (χ3v) is 5.88. The molecule has 0 radical (unpaired) electrons. The smallest absolute Gasteiger partial charge is 0.128 e. The molecule has 1 atom stereocenters. The van der Waals surface area contributed by atoms with E-state index in [1.165, 1.54) is 11.6 Å². The molecule has 2 nitrogen and oxygen atoms in total.